The van der Waals surface area contributed by atoms with Crippen molar-refractivity contribution in [2.24, 2.45) is 0 Å². The molecule has 0 amide bonds. The SMILES string of the molecule is S=C1NCN(C[C@H]2CCCO2)CN1Cc1ccco1. The maximum atomic E-state index is 5.68. The largest absolute Gasteiger partial charge is 0.467 e. The summed E-state index contributed by atoms with van der Waals surface area (Å²) >= 11 is 5.35. The van der Waals surface area contributed by atoms with Crippen LogP contribution in [0.3, 0.4) is 0 Å². The first kappa shape index (κ1) is 12.9. The molecule has 2 aliphatic heterocycles. The molecule has 1 N–H and O–H groups in total. The summed E-state index contributed by atoms with van der Waals surface area (Å²) in [6, 6.07) is 3.88. The fourth-order valence-electron chi connectivity index (χ4n) is 2.56. The van der Waals surface area contributed by atoms with Gasteiger partial charge in [-0.25, -0.2) is 0 Å². The van der Waals surface area contributed by atoms with Crippen LogP contribution in [0.25, 0.3) is 0 Å². The lowest BCUT2D eigenvalue weighted by Crippen LogP contribution is -2.56. The van der Waals surface area contributed by atoms with Crippen LogP contribution in [0.5, 0.6) is 0 Å². The zero-order valence-electron chi connectivity index (χ0n) is 10.9. The molecule has 0 saturated carbocycles. The minimum atomic E-state index is 0.374. The number of thiocarbonyl (C=S) groups is 1. The molecule has 3 heterocycles. The molecule has 104 valence electrons. The molecule has 0 unspecified atom stereocenters. The summed E-state index contributed by atoms with van der Waals surface area (Å²) in [7, 11) is 0. The molecule has 2 saturated heterocycles. The summed E-state index contributed by atoms with van der Waals surface area (Å²) < 4.78 is 11.1. The van der Waals surface area contributed by atoms with E-state index in [4.69, 9.17) is 21.4 Å². The van der Waals surface area contributed by atoms with E-state index in [0.29, 0.717) is 12.6 Å². The second-order valence-electron chi connectivity index (χ2n) is 5.05. The van der Waals surface area contributed by atoms with Gasteiger partial charge < -0.3 is 19.4 Å². The predicted molar refractivity (Wildman–Crippen MR) is 75.4 cm³/mol. The lowest BCUT2D eigenvalue weighted by Gasteiger charge is -2.38. The third-order valence-corrected chi connectivity index (χ3v) is 3.93. The van der Waals surface area contributed by atoms with Crippen LogP contribution >= 0.6 is 12.2 Å². The lowest BCUT2D eigenvalue weighted by molar-refractivity contribution is 0.0482. The summed E-state index contributed by atoms with van der Waals surface area (Å²) in [6.07, 6.45) is 4.42. The van der Waals surface area contributed by atoms with Crippen LogP contribution in [0.4, 0.5) is 0 Å². The molecule has 0 aromatic carbocycles. The number of hydrogen-bond acceptors (Lipinski definition) is 4. The van der Waals surface area contributed by atoms with Crippen LogP contribution in [0.15, 0.2) is 22.8 Å². The first-order valence-corrected chi connectivity index (χ1v) is 7.11. The van der Waals surface area contributed by atoms with E-state index in [9.17, 15) is 0 Å². The standard InChI is InChI=1S/C13H19N3O2S/c19-13-14-9-15(7-11-3-1-5-17-11)10-16(13)8-12-4-2-6-18-12/h2,4,6,11H,1,3,5,7-10H2,(H,14,19)/t11-/m1/s1. The molecule has 19 heavy (non-hydrogen) atoms. The zero-order chi connectivity index (χ0) is 13.1. The number of hydrogen-bond donors (Lipinski definition) is 1. The third kappa shape index (κ3) is 3.26. The second kappa shape index (κ2) is 5.90. The second-order valence-corrected chi connectivity index (χ2v) is 5.43. The molecule has 2 fully saturated rings. The van der Waals surface area contributed by atoms with Crippen molar-refractivity contribution in [3.8, 4) is 0 Å². The monoisotopic (exact) mass is 281 g/mol. The minimum Gasteiger partial charge on any atom is -0.467 e. The summed E-state index contributed by atoms with van der Waals surface area (Å²) in [6.45, 7) is 4.20. The van der Waals surface area contributed by atoms with Crippen LogP contribution < -0.4 is 5.32 Å². The average Bonchev–Trinajstić information content (AvgIpc) is 3.07. The topological polar surface area (TPSA) is 40.9 Å². The Morgan fingerprint density at radius 1 is 1.47 bits per heavy atom. The van der Waals surface area contributed by atoms with E-state index < -0.39 is 0 Å². The van der Waals surface area contributed by atoms with Crippen molar-refractivity contribution >= 4 is 17.3 Å². The van der Waals surface area contributed by atoms with Gasteiger partial charge in [-0.2, -0.15) is 0 Å². The van der Waals surface area contributed by atoms with Gasteiger partial charge in [0.05, 0.1) is 32.2 Å². The molecule has 1 atom stereocenters. The van der Waals surface area contributed by atoms with Crippen molar-refractivity contribution in [3.05, 3.63) is 24.2 Å². The molecule has 1 aromatic heterocycles. The average molecular weight is 281 g/mol. The molecule has 0 spiro atoms. The van der Waals surface area contributed by atoms with Crippen LogP contribution in [0.2, 0.25) is 0 Å². The molecule has 1 aromatic rings. The fraction of sp³-hybridized carbons (Fsp3) is 0.615. The van der Waals surface area contributed by atoms with Gasteiger partial charge in [0.15, 0.2) is 5.11 Å². The summed E-state index contributed by atoms with van der Waals surface area (Å²) in [4.78, 5) is 4.45. The first-order chi connectivity index (χ1) is 9.31. The van der Waals surface area contributed by atoms with E-state index in [1.807, 2.05) is 12.1 Å². The maximum Gasteiger partial charge on any atom is 0.171 e. The smallest absolute Gasteiger partial charge is 0.171 e. The molecule has 5 nitrogen and oxygen atoms in total. The highest BCUT2D eigenvalue weighted by molar-refractivity contribution is 7.80. The molecular formula is C13H19N3O2S. The van der Waals surface area contributed by atoms with E-state index in [0.717, 1.165) is 37.4 Å². The first-order valence-electron chi connectivity index (χ1n) is 6.70. The Morgan fingerprint density at radius 2 is 2.42 bits per heavy atom. The van der Waals surface area contributed by atoms with Gasteiger partial charge in [0.25, 0.3) is 0 Å². The fourth-order valence-corrected chi connectivity index (χ4v) is 2.74. The Bertz CT molecular complexity index is 418. The Hall–Kier alpha value is -1.11. The number of furan rings is 1. The van der Waals surface area contributed by atoms with Crippen molar-refractivity contribution in [2.45, 2.75) is 25.5 Å². The van der Waals surface area contributed by atoms with Crippen molar-refractivity contribution in [1.29, 1.82) is 0 Å². The van der Waals surface area contributed by atoms with E-state index in [2.05, 4.69) is 15.1 Å². The highest BCUT2D eigenvalue weighted by atomic mass is 32.1. The summed E-state index contributed by atoms with van der Waals surface area (Å²) in [5.74, 6) is 0.933. The summed E-state index contributed by atoms with van der Waals surface area (Å²) in [5, 5.41) is 4.05. The molecule has 0 aliphatic carbocycles. The number of ether oxygens (including phenoxy) is 1. The Morgan fingerprint density at radius 3 is 3.16 bits per heavy atom. The summed E-state index contributed by atoms with van der Waals surface area (Å²) in [5.41, 5.74) is 0. The van der Waals surface area contributed by atoms with Crippen LogP contribution in [-0.4, -0.2) is 47.5 Å². The highest BCUT2D eigenvalue weighted by Gasteiger charge is 2.25. The van der Waals surface area contributed by atoms with E-state index >= 15 is 0 Å². The molecule has 6 heteroatoms. The quantitative estimate of drug-likeness (QED) is 0.841. The molecule has 3 rings (SSSR count). The maximum absolute atomic E-state index is 5.68. The Balaban J connectivity index is 1.55. The van der Waals surface area contributed by atoms with Crippen molar-refractivity contribution in [1.82, 2.24) is 15.1 Å². The van der Waals surface area contributed by atoms with E-state index in [1.165, 1.54) is 12.8 Å². The van der Waals surface area contributed by atoms with Gasteiger partial charge in [-0.15, -0.1) is 0 Å². The van der Waals surface area contributed by atoms with Gasteiger partial charge >= 0.3 is 0 Å². The van der Waals surface area contributed by atoms with Crippen molar-refractivity contribution < 1.29 is 9.15 Å². The number of rotatable bonds is 4. The van der Waals surface area contributed by atoms with E-state index in [-0.39, 0.29) is 0 Å². The van der Waals surface area contributed by atoms with Crippen LogP contribution in [0.1, 0.15) is 18.6 Å². The highest BCUT2D eigenvalue weighted by Crippen LogP contribution is 2.15. The van der Waals surface area contributed by atoms with Crippen molar-refractivity contribution in [3.63, 3.8) is 0 Å². The molecule has 2 aliphatic rings. The van der Waals surface area contributed by atoms with Gasteiger partial charge in [-0.3, -0.25) is 4.90 Å². The van der Waals surface area contributed by atoms with Gasteiger partial charge in [-0.05, 0) is 37.2 Å². The van der Waals surface area contributed by atoms with Crippen LogP contribution in [0, 0.1) is 0 Å². The molecule has 0 bridgehead atoms. The lowest BCUT2D eigenvalue weighted by atomic mass is 10.2. The van der Waals surface area contributed by atoms with Gasteiger partial charge in [0.2, 0.25) is 0 Å². The normalized spacial score (nSPS) is 24.7. The zero-order valence-corrected chi connectivity index (χ0v) is 11.7. The van der Waals surface area contributed by atoms with Crippen molar-refractivity contribution in [2.75, 3.05) is 26.5 Å². The third-order valence-electron chi connectivity index (χ3n) is 3.52. The molecular weight excluding hydrogens is 262 g/mol. The van der Waals surface area contributed by atoms with E-state index in [1.54, 1.807) is 6.26 Å². The Labute approximate surface area is 118 Å². The van der Waals surface area contributed by atoms with Gasteiger partial charge in [-0.1, -0.05) is 0 Å². The van der Waals surface area contributed by atoms with Crippen LogP contribution in [-0.2, 0) is 11.3 Å². The number of nitrogens with zero attached hydrogens (tertiary/aromatic N) is 2. The van der Waals surface area contributed by atoms with Gasteiger partial charge in [0, 0.05) is 13.2 Å². The minimum absolute atomic E-state index is 0.374. The predicted octanol–water partition coefficient (Wildman–Crippen LogP) is 1.37. The Kier molecular flexibility index (Phi) is 4.00. The molecule has 0 radical (unpaired) electrons. The van der Waals surface area contributed by atoms with Gasteiger partial charge in [0.1, 0.15) is 5.76 Å². The number of nitrogens with one attached hydrogen (secondary N) is 1.